The molecule has 3 aromatic heterocycles. The Morgan fingerprint density at radius 2 is 1.43 bits per heavy atom. The van der Waals surface area contributed by atoms with Gasteiger partial charge in [0.05, 0.1) is 40.9 Å². The SMILES string of the molecule is CN(Cc1ccccn1)Cc1nc2cc(-c3ccc4nc(CNCc5ccccc5OCc5ccccc5)n(C)c4c3)ccc2n1C. The van der Waals surface area contributed by atoms with Crippen LogP contribution in [0.4, 0.5) is 0 Å². The Bertz CT molecular complexity index is 2120. The number of nitrogens with zero attached hydrogens (tertiary/aromatic N) is 6. The summed E-state index contributed by atoms with van der Waals surface area (Å²) in [6, 6.07) is 37.5. The Kier molecular flexibility index (Phi) is 8.77. The van der Waals surface area contributed by atoms with Gasteiger partial charge < -0.3 is 19.2 Å². The molecule has 0 atom stereocenters. The average Bonchev–Trinajstić information content (AvgIpc) is 3.59. The number of fused-ring (bicyclic) bond motifs is 2. The molecule has 4 aromatic carbocycles. The lowest BCUT2D eigenvalue weighted by Gasteiger charge is -2.15. The van der Waals surface area contributed by atoms with Crippen molar-refractivity contribution >= 4 is 22.1 Å². The molecule has 0 aliphatic heterocycles. The molecule has 0 aliphatic rings. The minimum absolute atomic E-state index is 0.545. The normalized spacial score (nSPS) is 11.6. The fraction of sp³-hybridized carbons (Fsp3) is 0.205. The summed E-state index contributed by atoms with van der Waals surface area (Å²) in [7, 11) is 6.28. The number of aromatic nitrogens is 5. The molecule has 0 radical (unpaired) electrons. The number of aryl methyl sites for hydroxylation is 2. The van der Waals surface area contributed by atoms with Crippen LogP contribution in [0.3, 0.4) is 0 Å². The smallest absolute Gasteiger partial charge is 0.124 e. The first kappa shape index (κ1) is 30.3. The number of pyridine rings is 1. The molecule has 0 fully saturated rings. The highest BCUT2D eigenvalue weighted by molar-refractivity contribution is 5.87. The lowest BCUT2D eigenvalue weighted by Crippen LogP contribution is -2.20. The molecule has 0 aliphatic carbocycles. The minimum atomic E-state index is 0.545. The van der Waals surface area contributed by atoms with Gasteiger partial charge in [0.25, 0.3) is 0 Å². The molecule has 3 heterocycles. The summed E-state index contributed by atoms with van der Waals surface area (Å²) in [6.07, 6.45) is 1.84. The predicted octanol–water partition coefficient (Wildman–Crippen LogP) is 7.02. The van der Waals surface area contributed by atoms with E-state index < -0.39 is 0 Å². The molecule has 7 rings (SSSR count). The molecule has 8 heteroatoms. The van der Waals surface area contributed by atoms with Crippen LogP contribution in [0, 0.1) is 0 Å². The quantitative estimate of drug-likeness (QED) is 0.158. The van der Waals surface area contributed by atoms with Gasteiger partial charge in [0, 0.05) is 38.9 Å². The number of hydrogen-bond donors (Lipinski definition) is 1. The minimum Gasteiger partial charge on any atom is -0.489 e. The number of rotatable bonds is 12. The lowest BCUT2D eigenvalue weighted by molar-refractivity contribution is 0.302. The van der Waals surface area contributed by atoms with Crippen molar-refractivity contribution in [2.45, 2.75) is 32.8 Å². The number of hydrogen-bond acceptors (Lipinski definition) is 6. The summed E-state index contributed by atoms with van der Waals surface area (Å²) in [5, 5.41) is 3.58. The maximum Gasteiger partial charge on any atom is 0.124 e. The Balaban J connectivity index is 1.03. The summed E-state index contributed by atoms with van der Waals surface area (Å²) in [5.41, 5.74) is 9.81. The molecule has 0 saturated carbocycles. The van der Waals surface area contributed by atoms with Gasteiger partial charge in [0.2, 0.25) is 0 Å². The van der Waals surface area contributed by atoms with Crippen LogP contribution in [0.15, 0.2) is 115 Å². The maximum atomic E-state index is 6.16. The van der Waals surface area contributed by atoms with Crippen molar-refractivity contribution in [3.8, 4) is 16.9 Å². The van der Waals surface area contributed by atoms with Crippen LogP contribution in [0.2, 0.25) is 0 Å². The molecule has 8 nitrogen and oxygen atoms in total. The number of ether oxygens (including phenoxy) is 1. The Morgan fingerprint density at radius 3 is 2.28 bits per heavy atom. The third-order valence-corrected chi connectivity index (χ3v) is 8.66. The van der Waals surface area contributed by atoms with Crippen molar-refractivity contribution in [1.29, 1.82) is 0 Å². The lowest BCUT2D eigenvalue weighted by atomic mass is 10.0. The van der Waals surface area contributed by atoms with Crippen LogP contribution >= 0.6 is 0 Å². The van der Waals surface area contributed by atoms with Gasteiger partial charge in [0.15, 0.2) is 0 Å². The van der Waals surface area contributed by atoms with E-state index in [1.165, 1.54) is 0 Å². The van der Waals surface area contributed by atoms with Crippen molar-refractivity contribution in [2.75, 3.05) is 7.05 Å². The van der Waals surface area contributed by atoms with E-state index in [2.05, 4.69) is 106 Å². The van der Waals surface area contributed by atoms with Gasteiger partial charge in [-0.15, -0.1) is 0 Å². The topological polar surface area (TPSA) is 73.0 Å². The second kappa shape index (κ2) is 13.6. The molecule has 0 saturated heterocycles. The average molecular weight is 622 g/mol. The molecule has 0 spiro atoms. The molecule has 7 aromatic rings. The number of nitrogens with one attached hydrogen (secondary N) is 1. The Morgan fingerprint density at radius 1 is 0.681 bits per heavy atom. The van der Waals surface area contributed by atoms with E-state index in [1.807, 2.05) is 54.7 Å². The van der Waals surface area contributed by atoms with Crippen molar-refractivity contribution < 1.29 is 4.74 Å². The fourth-order valence-electron chi connectivity index (χ4n) is 6.05. The second-order valence-electron chi connectivity index (χ2n) is 12.1. The fourth-order valence-corrected chi connectivity index (χ4v) is 6.05. The molecule has 236 valence electrons. The van der Waals surface area contributed by atoms with Crippen LogP contribution in [0.25, 0.3) is 33.2 Å². The molecule has 0 bridgehead atoms. The summed E-state index contributed by atoms with van der Waals surface area (Å²) in [4.78, 5) is 16.7. The summed E-state index contributed by atoms with van der Waals surface area (Å²) in [6.45, 7) is 3.38. The first-order valence-corrected chi connectivity index (χ1v) is 16.0. The van der Waals surface area contributed by atoms with E-state index in [0.717, 1.165) is 80.5 Å². The van der Waals surface area contributed by atoms with Crippen molar-refractivity contribution in [3.63, 3.8) is 0 Å². The highest BCUT2D eigenvalue weighted by atomic mass is 16.5. The third-order valence-electron chi connectivity index (χ3n) is 8.66. The van der Waals surface area contributed by atoms with Gasteiger partial charge in [-0.2, -0.15) is 0 Å². The standard InChI is InChI=1S/C39H39N7O/c1-44(25-32-14-9-10-20-41-32)26-39-43-34-21-29(17-19-35(34)45(39)2)30-16-18-33-36(22-30)46(3)38(42-33)24-40-23-31-13-7-8-15-37(31)47-27-28-11-5-4-6-12-28/h4-22,40H,23-27H2,1-3H3. The van der Waals surface area contributed by atoms with Crippen LogP contribution < -0.4 is 10.1 Å². The van der Waals surface area contributed by atoms with Crippen molar-refractivity contribution in [1.82, 2.24) is 34.3 Å². The van der Waals surface area contributed by atoms with Crippen molar-refractivity contribution in [2.24, 2.45) is 14.1 Å². The van der Waals surface area contributed by atoms with E-state index in [0.29, 0.717) is 19.7 Å². The highest BCUT2D eigenvalue weighted by Gasteiger charge is 2.14. The maximum absolute atomic E-state index is 6.16. The summed E-state index contributed by atoms with van der Waals surface area (Å²) < 4.78 is 10.5. The molecule has 47 heavy (non-hydrogen) atoms. The van der Waals surface area contributed by atoms with E-state index >= 15 is 0 Å². The summed E-state index contributed by atoms with van der Waals surface area (Å²) >= 11 is 0. The van der Waals surface area contributed by atoms with Crippen LogP contribution in [0.5, 0.6) is 5.75 Å². The largest absolute Gasteiger partial charge is 0.489 e. The second-order valence-corrected chi connectivity index (χ2v) is 12.1. The molecule has 1 N–H and O–H groups in total. The zero-order valence-corrected chi connectivity index (χ0v) is 27.1. The van der Waals surface area contributed by atoms with Gasteiger partial charge in [-0.3, -0.25) is 9.88 Å². The van der Waals surface area contributed by atoms with Gasteiger partial charge in [-0.1, -0.05) is 66.7 Å². The van der Waals surface area contributed by atoms with Gasteiger partial charge in [0.1, 0.15) is 24.0 Å². The zero-order valence-electron chi connectivity index (χ0n) is 27.1. The van der Waals surface area contributed by atoms with Gasteiger partial charge >= 0.3 is 0 Å². The third kappa shape index (κ3) is 6.79. The predicted molar refractivity (Wildman–Crippen MR) is 188 cm³/mol. The molecular formula is C39H39N7O. The van der Waals surface area contributed by atoms with E-state index in [1.54, 1.807) is 0 Å². The van der Waals surface area contributed by atoms with Crippen molar-refractivity contribution in [3.05, 3.63) is 144 Å². The van der Waals surface area contributed by atoms with Crippen LogP contribution in [0.1, 0.15) is 28.5 Å². The molecule has 0 unspecified atom stereocenters. The number of imidazole rings is 2. The highest BCUT2D eigenvalue weighted by Crippen LogP contribution is 2.28. The number of para-hydroxylation sites is 1. The molecular weight excluding hydrogens is 582 g/mol. The zero-order chi connectivity index (χ0) is 32.2. The van der Waals surface area contributed by atoms with Crippen LogP contribution in [-0.4, -0.2) is 36.0 Å². The van der Waals surface area contributed by atoms with Gasteiger partial charge in [-0.05, 0) is 66.2 Å². The monoisotopic (exact) mass is 621 g/mol. The van der Waals surface area contributed by atoms with E-state index in [-0.39, 0.29) is 0 Å². The summed E-state index contributed by atoms with van der Waals surface area (Å²) in [5.74, 6) is 2.91. The van der Waals surface area contributed by atoms with Crippen LogP contribution in [-0.2, 0) is 46.9 Å². The Hall–Kier alpha value is -5.31. The number of benzene rings is 4. The van der Waals surface area contributed by atoms with E-state index in [9.17, 15) is 0 Å². The van der Waals surface area contributed by atoms with E-state index in [4.69, 9.17) is 14.7 Å². The Labute approximate surface area is 275 Å². The first-order chi connectivity index (χ1) is 23.0. The van der Waals surface area contributed by atoms with Gasteiger partial charge in [-0.25, -0.2) is 9.97 Å². The first-order valence-electron chi connectivity index (χ1n) is 16.0. The molecule has 0 amide bonds.